The summed E-state index contributed by atoms with van der Waals surface area (Å²) in [6, 6.07) is 14.9. The molecule has 1 atom stereocenters. The van der Waals surface area contributed by atoms with Crippen molar-refractivity contribution in [3.8, 4) is 5.75 Å². The summed E-state index contributed by atoms with van der Waals surface area (Å²) >= 11 is 0. The second kappa shape index (κ2) is 6.77. The van der Waals surface area contributed by atoms with Crippen LogP contribution in [0.5, 0.6) is 5.75 Å². The Kier molecular flexibility index (Phi) is 5.03. The molecule has 0 aliphatic heterocycles. The molecule has 0 radical (unpaired) electrons. The molecule has 2 nitrogen and oxygen atoms in total. The fraction of sp³-hybridized carbons (Fsp3) is 0.368. The quantitative estimate of drug-likeness (QED) is 0.884. The van der Waals surface area contributed by atoms with Gasteiger partial charge in [0.15, 0.2) is 0 Å². The van der Waals surface area contributed by atoms with Gasteiger partial charge < -0.3 is 10.5 Å². The Balaban J connectivity index is 2.17. The minimum atomic E-state index is -0.0512. The molecule has 0 bridgehead atoms. The molecule has 0 aliphatic rings. The van der Waals surface area contributed by atoms with Crippen LogP contribution in [-0.2, 0) is 6.42 Å². The van der Waals surface area contributed by atoms with Gasteiger partial charge in [0.1, 0.15) is 5.75 Å². The van der Waals surface area contributed by atoms with Crippen LogP contribution in [0.2, 0.25) is 0 Å². The molecule has 2 N–H and O–H groups in total. The van der Waals surface area contributed by atoms with Crippen molar-refractivity contribution in [2.45, 2.75) is 39.2 Å². The lowest BCUT2D eigenvalue weighted by molar-refractivity contribution is 0.405. The van der Waals surface area contributed by atoms with Crippen LogP contribution >= 0.6 is 0 Å². The normalized spacial score (nSPS) is 12.5. The Morgan fingerprint density at radius 2 is 1.71 bits per heavy atom. The van der Waals surface area contributed by atoms with E-state index in [0.717, 1.165) is 17.7 Å². The van der Waals surface area contributed by atoms with Crippen molar-refractivity contribution in [1.82, 2.24) is 0 Å². The van der Waals surface area contributed by atoms with Crippen LogP contribution in [0.3, 0.4) is 0 Å². The minimum Gasteiger partial charge on any atom is -0.496 e. The Bertz CT molecular complexity index is 587. The van der Waals surface area contributed by atoms with Crippen LogP contribution in [0.15, 0.2) is 42.5 Å². The number of hydrogen-bond acceptors (Lipinski definition) is 2. The van der Waals surface area contributed by atoms with Crippen molar-refractivity contribution in [1.29, 1.82) is 0 Å². The number of rotatable bonds is 5. The molecule has 2 heteroatoms. The first-order chi connectivity index (χ1) is 10.0. The first kappa shape index (κ1) is 15.6. The average Bonchev–Trinajstić information content (AvgIpc) is 2.47. The highest BCUT2D eigenvalue weighted by atomic mass is 16.5. The second-order valence-electron chi connectivity index (χ2n) is 5.95. The molecule has 0 heterocycles. The van der Waals surface area contributed by atoms with Gasteiger partial charge in [-0.3, -0.25) is 0 Å². The maximum atomic E-state index is 6.39. The monoisotopic (exact) mass is 283 g/mol. The highest BCUT2D eigenvalue weighted by molar-refractivity contribution is 5.40. The molecule has 0 spiro atoms. The van der Waals surface area contributed by atoms with Crippen LogP contribution in [0, 0.1) is 6.92 Å². The molecule has 1 unspecified atom stereocenters. The van der Waals surface area contributed by atoms with Gasteiger partial charge in [0.25, 0.3) is 0 Å². The molecule has 0 saturated carbocycles. The number of ether oxygens (including phenoxy) is 1. The highest BCUT2D eigenvalue weighted by Gasteiger charge is 2.13. The van der Waals surface area contributed by atoms with Crippen molar-refractivity contribution < 1.29 is 4.74 Å². The first-order valence-corrected chi connectivity index (χ1v) is 7.50. The predicted molar refractivity (Wildman–Crippen MR) is 88.9 cm³/mol. The minimum absolute atomic E-state index is 0.0512. The zero-order valence-corrected chi connectivity index (χ0v) is 13.4. The number of aryl methyl sites for hydroxylation is 1. The number of hydrogen-bond donors (Lipinski definition) is 1. The highest BCUT2D eigenvalue weighted by Crippen LogP contribution is 2.27. The molecule has 0 saturated heterocycles. The van der Waals surface area contributed by atoms with E-state index in [1.165, 1.54) is 16.7 Å². The van der Waals surface area contributed by atoms with E-state index in [9.17, 15) is 0 Å². The molecule has 2 aromatic carbocycles. The van der Waals surface area contributed by atoms with Crippen molar-refractivity contribution in [3.05, 3.63) is 64.7 Å². The second-order valence-corrected chi connectivity index (χ2v) is 5.95. The Hall–Kier alpha value is -1.80. The summed E-state index contributed by atoms with van der Waals surface area (Å²) in [5, 5.41) is 0. The predicted octanol–water partition coefficient (Wildman–Crippen LogP) is 4.37. The Morgan fingerprint density at radius 3 is 2.29 bits per heavy atom. The summed E-state index contributed by atoms with van der Waals surface area (Å²) in [5.41, 5.74) is 11.3. The van der Waals surface area contributed by atoms with Gasteiger partial charge in [0.2, 0.25) is 0 Å². The van der Waals surface area contributed by atoms with Crippen LogP contribution in [0.1, 0.15) is 48.1 Å². The van der Waals surface area contributed by atoms with Gasteiger partial charge in [0, 0.05) is 11.6 Å². The lowest BCUT2D eigenvalue weighted by Gasteiger charge is -2.17. The summed E-state index contributed by atoms with van der Waals surface area (Å²) in [7, 11) is 1.69. The van der Waals surface area contributed by atoms with Gasteiger partial charge in [0.05, 0.1) is 7.11 Å². The summed E-state index contributed by atoms with van der Waals surface area (Å²) < 4.78 is 5.43. The summed E-state index contributed by atoms with van der Waals surface area (Å²) in [5.74, 6) is 1.43. The van der Waals surface area contributed by atoms with Gasteiger partial charge in [-0.25, -0.2) is 0 Å². The lowest BCUT2D eigenvalue weighted by atomic mass is 9.95. The lowest BCUT2D eigenvalue weighted by Crippen LogP contribution is -2.14. The van der Waals surface area contributed by atoms with E-state index >= 15 is 0 Å². The van der Waals surface area contributed by atoms with Crippen LogP contribution < -0.4 is 10.5 Å². The number of methoxy groups -OCH3 is 1. The van der Waals surface area contributed by atoms with Gasteiger partial charge in [-0.2, -0.15) is 0 Å². The maximum absolute atomic E-state index is 6.39. The molecular weight excluding hydrogens is 258 g/mol. The van der Waals surface area contributed by atoms with Gasteiger partial charge in [-0.15, -0.1) is 0 Å². The average molecular weight is 283 g/mol. The smallest absolute Gasteiger partial charge is 0.123 e. The molecule has 0 aromatic heterocycles. The first-order valence-electron chi connectivity index (χ1n) is 7.50. The molecule has 0 fully saturated rings. The van der Waals surface area contributed by atoms with E-state index in [0.29, 0.717) is 5.92 Å². The van der Waals surface area contributed by atoms with Gasteiger partial charge >= 0.3 is 0 Å². The van der Waals surface area contributed by atoms with Crippen molar-refractivity contribution >= 4 is 0 Å². The molecule has 2 aromatic rings. The zero-order valence-electron chi connectivity index (χ0n) is 13.4. The van der Waals surface area contributed by atoms with E-state index in [1.807, 2.05) is 12.1 Å². The molecule has 2 rings (SSSR count). The fourth-order valence-electron chi connectivity index (χ4n) is 2.55. The van der Waals surface area contributed by atoms with E-state index in [1.54, 1.807) is 7.11 Å². The third-order valence-corrected chi connectivity index (χ3v) is 3.89. The Labute approximate surface area is 127 Å². The van der Waals surface area contributed by atoms with E-state index in [-0.39, 0.29) is 6.04 Å². The largest absolute Gasteiger partial charge is 0.496 e. The summed E-state index contributed by atoms with van der Waals surface area (Å²) in [4.78, 5) is 0. The van der Waals surface area contributed by atoms with Crippen LogP contribution in [0.4, 0.5) is 0 Å². The summed E-state index contributed by atoms with van der Waals surface area (Å²) in [6.45, 7) is 6.49. The molecular formula is C19H25NO. The third kappa shape index (κ3) is 3.85. The van der Waals surface area contributed by atoms with Crippen molar-refractivity contribution in [3.63, 3.8) is 0 Å². The van der Waals surface area contributed by atoms with Crippen molar-refractivity contribution in [2.24, 2.45) is 5.73 Å². The number of nitrogens with two attached hydrogens (primary N) is 1. The van der Waals surface area contributed by atoms with Crippen LogP contribution in [0.25, 0.3) is 0 Å². The molecule has 0 aliphatic carbocycles. The Morgan fingerprint density at radius 1 is 1.05 bits per heavy atom. The topological polar surface area (TPSA) is 35.2 Å². The molecule has 112 valence electrons. The van der Waals surface area contributed by atoms with E-state index in [2.05, 4.69) is 51.1 Å². The summed E-state index contributed by atoms with van der Waals surface area (Å²) in [6.07, 6.45) is 0.818. The molecule has 21 heavy (non-hydrogen) atoms. The fourth-order valence-corrected chi connectivity index (χ4v) is 2.55. The van der Waals surface area contributed by atoms with Crippen LogP contribution in [-0.4, -0.2) is 7.11 Å². The van der Waals surface area contributed by atoms with Crippen molar-refractivity contribution in [2.75, 3.05) is 7.11 Å². The van der Waals surface area contributed by atoms with Gasteiger partial charge in [-0.05, 0) is 36.5 Å². The third-order valence-electron chi connectivity index (χ3n) is 3.89. The standard InChI is InChI=1S/C19H25NO/c1-13(2)16-8-6-15(7-9-16)12-18(20)17-11-14(3)5-10-19(17)21-4/h5-11,13,18H,12,20H2,1-4H3. The zero-order chi connectivity index (χ0) is 15.4. The number of benzene rings is 2. The van der Waals surface area contributed by atoms with Gasteiger partial charge in [-0.1, -0.05) is 55.8 Å². The SMILES string of the molecule is COc1ccc(C)cc1C(N)Cc1ccc(C(C)C)cc1. The molecule has 0 amide bonds. The van der Waals surface area contributed by atoms with E-state index in [4.69, 9.17) is 10.5 Å². The van der Waals surface area contributed by atoms with E-state index < -0.39 is 0 Å². The maximum Gasteiger partial charge on any atom is 0.123 e.